The van der Waals surface area contributed by atoms with Crippen molar-refractivity contribution in [2.45, 2.75) is 19.0 Å². The van der Waals surface area contributed by atoms with Crippen LogP contribution >= 0.6 is 0 Å². The van der Waals surface area contributed by atoms with Crippen LogP contribution in [0.1, 0.15) is 29.5 Å². The first kappa shape index (κ1) is 17.7. The molecule has 2 N–H and O–H groups in total. The van der Waals surface area contributed by atoms with Gasteiger partial charge in [-0.1, -0.05) is 18.2 Å². The van der Waals surface area contributed by atoms with Crippen molar-refractivity contribution in [2.75, 3.05) is 12.4 Å². The van der Waals surface area contributed by atoms with Crippen LogP contribution in [-0.4, -0.2) is 23.0 Å². The third kappa shape index (κ3) is 2.85. The summed E-state index contributed by atoms with van der Waals surface area (Å²) in [5, 5.41) is 2.79. The molecule has 0 saturated heterocycles. The number of aromatic amines is 1. The Hall–Kier alpha value is -3.10. The van der Waals surface area contributed by atoms with Crippen molar-refractivity contribution in [1.29, 1.82) is 0 Å². The molecule has 6 nitrogen and oxygen atoms in total. The van der Waals surface area contributed by atoms with Crippen LogP contribution in [0.15, 0.2) is 46.7 Å². The summed E-state index contributed by atoms with van der Waals surface area (Å²) >= 11 is 0. The van der Waals surface area contributed by atoms with Crippen molar-refractivity contribution in [3.8, 4) is 0 Å². The second kappa shape index (κ2) is 6.32. The minimum absolute atomic E-state index is 0.0739. The molecule has 0 saturated carbocycles. The van der Waals surface area contributed by atoms with Gasteiger partial charge in [0.05, 0.1) is 36.1 Å². The van der Waals surface area contributed by atoms with Gasteiger partial charge in [0.15, 0.2) is 0 Å². The molecule has 0 amide bonds. The van der Waals surface area contributed by atoms with E-state index in [1.807, 2.05) is 0 Å². The van der Waals surface area contributed by atoms with E-state index in [4.69, 9.17) is 4.74 Å². The number of hydrogen-bond acceptors (Lipinski definition) is 5. The summed E-state index contributed by atoms with van der Waals surface area (Å²) < 4.78 is 45.4. The Morgan fingerprint density at radius 3 is 2.62 bits per heavy atom. The third-order valence-corrected chi connectivity index (χ3v) is 4.16. The van der Waals surface area contributed by atoms with Gasteiger partial charge < -0.3 is 15.0 Å². The van der Waals surface area contributed by atoms with E-state index in [1.165, 1.54) is 25.1 Å². The SMILES string of the molecule is COC(=O)C1=C(C)Nc2nc[nH]c(=O)c2C1c1ccccc1C(F)(F)F. The molecule has 0 fully saturated rings. The number of allylic oxidation sites excluding steroid dienone is 1. The number of halogens is 3. The van der Waals surface area contributed by atoms with E-state index in [2.05, 4.69) is 15.3 Å². The van der Waals surface area contributed by atoms with Crippen LogP contribution in [-0.2, 0) is 15.7 Å². The van der Waals surface area contributed by atoms with Gasteiger partial charge in [0.1, 0.15) is 5.82 Å². The molecule has 0 spiro atoms. The van der Waals surface area contributed by atoms with Crippen LogP contribution < -0.4 is 10.9 Å². The molecular weight excluding hydrogens is 351 g/mol. The van der Waals surface area contributed by atoms with Crippen LogP contribution in [0.5, 0.6) is 0 Å². The first-order chi connectivity index (χ1) is 12.3. The lowest BCUT2D eigenvalue weighted by atomic mass is 9.80. The molecule has 3 rings (SSSR count). The molecule has 2 heterocycles. The number of nitrogens with one attached hydrogen (secondary N) is 2. The first-order valence-electron chi connectivity index (χ1n) is 7.55. The fourth-order valence-electron chi connectivity index (χ4n) is 3.08. The second-order valence-electron chi connectivity index (χ2n) is 5.67. The highest BCUT2D eigenvalue weighted by Crippen LogP contribution is 2.44. The van der Waals surface area contributed by atoms with Gasteiger partial charge in [-0.3, -0.25) is 4.79 Å². The summed E-state index contributed by atoms with van der Waals surface area (Å²) in [6.45, 7) is 1.52. The topological polar surface area (TPSA) is 84.1 Å². The number of anilines is 1. The van der Waals surface area contributed by atoms with E-state index in [-0.39, 0.29) is 28.2 Å². The number of ether oxygens (including phenoxy) is 1. The van der Waals surface area contributed by atoms with Gasteiger partial charge in [0, 0.05) is 5.70 Å². The summed E-state index contributed by atoms with van der Waals surface area (Å²) in [6.07, 6.45) is -3.52. The van der Waals surface area contributed by atoms with Crippen molar-refractivity contribution in [3.05, 3.63) is 68.9 Å². The standard InChI is InChI=1S/C17H14F3N3O3/c1-8-11(16(25)26-2)12(13-14(23-8)21-7-22-15(13)24)9-5-3-4-6-10(9)17(18,19)20/h3-7,12H,1-2H3,(H2,21,22,23,24). The lowest BCUT2D eigenvalue weighted by Gasteiger charge is -2.29. The van der Waals surface area contributed by atoms with E-state index in [0.29, 0.717) is 0 Å². The molecule has 26 heavy (non-hydrogen) atoms. The Labute approximate surface area is 145 Å². The molecule has 1 unspecified atom stereocenters. The minimum Gasteiger partial charge on any atom is -0.466 e. The van der Waals surface area contributed by atoms with Gasteiger partial charge in [-0.25, -0.2) is 9.78 Å². The number of rotatable bonds is 2. The van der Waals surface area contributed by atoms with Gasteiger partial charge in [-0.15, -0.1) is 0 Å². The van der Waals surface area contributed by atoms with E-state index in [1.54, 1.807) is 0 Å². The molecule has 1 aliphatic rings. The van der Waals surface area contributed by atoms with Crippen LogP contribution in [0, 0.1) is 0 Å². The van der Waals surface area contributed by atoms with Crippen LogP contribution in [0.25, 0.3) is 0 Å². The molecule has 1 aliphatic heterocycles. The third-order valence-electron chi connectivity index (χ3n) is 4.16. The van der Waals surface area contributed by atoms with Crippen molar-refractivity contribution in [1.82, 2.24) is 9.97 Å². The number of nitrogens with zero attached hydrogens (tertiary/aromatic N) is 1. The van der Waals surface area contributed by atoms with Gasteiger partial charge in [0.2, 0.25) is 0 Å². The molecule has 1 aromatic heterocycles. The quantitative estimate of drug-likeness (QED) is 0.800. The van der Waals surface area contributed by atoms with Crippen molar-refractivity contribution in [3.63, 3.8) is 0 Å². The van der Waals surface area contributed by atoms with Crippen LogP contribution in [0.4, 0.5) is 19.0 Å². The summed E-state index contributed by atoms with van der Waals surface area (Å²) in [6, 6.07) is 4.81. The zero-order valence-electron chi connectivity index (χ0n) is 13.8. The Balaban J connectivity index is 2.37. The predicted molar refractivity (Wildman–Crippen MR) is 86.5 cm³/mol. The monoisotopic (exact) mass is 365 g/mol. The smallest absolute Gasteiger partial charge is 0.416 e. The van der Waals surface area contributed by atoms with Crippen molar-refractivity contribution < 1.29 is 22.7 Å². The number of H-pyrrole nitrogens is 1. The van der Waals surface area contributed by atoms with Gasteiger partial charge in [-0.2, -0.15) is 13.2 Å². The normalized spacial score (nSPS) is 16.7. The number of alkyl halides is 3. The molecule has 0 radical (unpaired) electrons. The number of methoxy groups -OCH3 is 1. The molecule has 2 aromatic rings. The number of carbonyl (C=O) groups excluding carboxylic acids is 1. The number of carbonyl (C=O) groups is 1. The van der Waals surface area contributed by atoms with E-state index >= 15 is 0 Å². The Kier molecular flexibility index (Phi) is 4.31. The second-order valence-corrected chi connectivity index (χ2v) is 5.67. The highest BCUT2D eigenvalue weighted by Gasteiger charge is 2.41. The summed E-state index contributed by atoms with van der Waals surface area (Å²) in [5.74, 6) is -2.00. The predicted octanol–water partition coefficient (Wildman–Crippen LogP) is 2.79. The fourth-order valence-corrected chi connectivity index (χ4v) is 3.08. The number of aromatic nitrogens is 2. The summed E-state index contributed by atoms with van der Waals surface area (Å²) in [5.41, 5.74) is -1.68. The number of esters is 1. The molecular formula is C17H14F3N3O3. The van der Waals surface area contributed by atoms with Gasteiger partial charge >= 0.3 is 12.1 Å². The average molecular weight is 365 g/mol. The summed E-state index contributed by atoms with van der Waals surface area (Å²) in [7, 11) is 1.12. The maximum Gasteiger partial charge on any atom is 0.416 e. The molecule has 136 valence electrons. The van der Waals surface area contributed by atoms with E-state index < -0.39 is 29.2 Å². The number of fused-ring (bicyclic) bond motifs is 1. The molecule has 9 heteroatoms. The van der Waals surface area contributed by atoms with E-state index in [0.717, 1.165) is 19.5 Å². The van der Waals surface area contributed by atoms with Crippen molar-refractivity contribution >= 4 is 11.8 Å². The summed E-state index contributed by atoms with van der Waals surface area (Å²) in [4.78, 5) is 31.0. The molecule has 1 atom stereocenters. The highest BCUT2D eigenvalue weighted by atomic mass is 19.4. The van der Waals surface area contributed by atoms with Gasteiger partial charge in [-0.05, 0) is 18.6 Å². The van der Waals surface area contributed by atoms with E-state index in [9.17, 15) is 22.8 Å². The average Bonchev–Trinajstić information content (AvgIpc) is 2.59. The molecule has 0 bridgehead atoms. The first-order valence-corrected chi connectivity index (χ1v) is 7.55. The lowest BCUT2D eigenvalue weighted by Crippen LogP contribution is -2.31. The Bertz CT molecular complexity index is 963. The van der Waals surface area contributed by atoms with Crippen LogP contribution in [0.2, 0.25) is 0 Å². The minimum atomic E-state index is -4.66. The van der Waals surface area contributed by atoms with Gasteiger partial charge in [0.25, 0.3) is 5.56 Å². The molecule has 1 aromatic carbocycles. The Morgan fingerprint density at radius 1 is 1.27 bits per heavy atom. The zero-order chi connectivity index (χ0) is 19.1. The van der Waals surface area contributed by atoms with Crippen molar-refractivity contribution in [2.24, 2.45) is 0 Å². The number of benzene rings is 1. The highest BCUT2D eigenvalue weighted by molar-refractivity contribution is 5.94. The lowest BCUT2D eigenvalue weighted by molar-refractivity contribution is -0.139. The fraction of sp³-hybridized carbons (Fsp3) is 0.235. The maximum absolute atomic E-state index is 13.5. The van der Waals surface area contributed by atoms with Crippen LogP contribution in [0.3, 0.4) is 0 Å². The molecule has 0 aliphatic carbocycles. The maximum atomic E-state index is 13.5. The number of hydrogen-bond donors (Lipinski definition) is 2. The largest absolute Gasteiger partial charge is 0.466 e. The zero-order valence-corrected chi connectivity index (χ0v) is 13.8. The Morgan fingerprint density at radius 2 is 1.96 bits per heavy atom.